The molecular weight excluding hydrogens is 405 g/mol. The van der Waals surface area contributed by atoms with Crippen molar-refractivity contribution in [2.75, 3.05) is 33.3 Å². The van der Waals surface area contributed by atoms with Gasteiger partial charge in [-0.2, -0.15) is 0 Å². The maximum Gasteiger partial charge on any atom is 0.193 e. The number of nitrogens with one attached hydrogen (secondary N) is 1. The molecule has 1 unspecified atom stereocenters. The Kier molecular flexibility index (Phi) is 6.95. The smallest absolute Gasteiger partial charge is 0.193 e. The number of nitrogens with zero attached hydrogens (tertiary/aromatic N) is 2. The largest absolute Gasteiger partial charge is 0.493 e. The summed E-state index contributed by atoms with van der Waals surface area (Å²) >= 11 is 0. The van der Waals surface area contributed by atoms with Crippen molar-refractivity contribution in [2.24, 2.45) is 4.99 Å². The number of hydrogen-bond acceptors (Lipinski definition) is 3. The molecule has 2 heterocycles. The topological polar surface area (TPSA) is 57.1 Å². The lowest BCUT2D eigenvalue weighted by molar-refractivity contribution is 0.108. The summed E-state index contributed by atoms with van der Waals surface area (Å²) in [5.41, 5.74) is 1.28. The summed E-state index contributed by atoms with van der Waals surface area (Å²) in [5.74, 6) is 2.41. The van der Waals surface area contributed by atoms with Crippen LogP contribution in [0, 0.1) is 0 Å². The van der Waals surface area contributed by atoms with E-state index in [4.69, 9.17) is 4.74 Å². The number of para-hydroxylation sites is 1. The van der Waals surface area contributed by atoms with Crippen molar-refractivity contribution in [3.05, 3.63) is 29.8 Å². The number of ether oxygens (including phenoxy) is 1. The van der Waals surface area contributed by atoms with E-state index in [1.54, 1.807) is 0 Å². The monoisotopic (exact) mass is 431 g/mol. The molecule has 2 aliphatic heterocycles. The minimum Gasteiger partial charge on any atom is -0.493 e. The second-order valence-electron chi connectivity index (χ2n) is 6.02. The average Bonchev–Trinajstić information content (AvgIpc) is 2.57. The number of aliphatic hydroxyl groups is 1. The van der Waals surface area contributed by atoms with Gasteiger partial charge in [0, 0.05) is 32.6 Å². The van der Waals surface area contributed by atoms with Gasteiger partial charge in [-0.25, -0.2) is 0 Å². The molecular formula is C17H26IN3O2. The van der Waals surface area contributed by atoms with E-state index in [1.807, 2.05) is 19.2 Å². The predicted molar refractivity (Wildman–Crippen MR) is 103 cm³/mol. The Morgan fingerprint density at radius 1 is 1.30 bits per heavy atom. The summed E-state index contributed by atoms with van der Waals surface area (Å²) in [6.07, 6.45) is 2.51. The zero-order chi connectivity index (χ0) is 15.4. The third-order valence-corrected chi connectivity index (χ3v) is 4.57. The number of rotatable bonds is 2. The molecule has 0 aromatic heterocycles. The zero-order valence-corrected chi connectivity index (χ0v) is 15.9. The lowest BCUT2D eigenvalue weighted by atomic mass is 9.93. The van der Waals surface area contributed by atoms with Gasteiger partial charge in [-0.1, -0.05) is 18.2 Å². The molecule has 1 atom stereocenters. The molecule has 128 valence electrons. The van der Waals surface area contributed by atoms with Crippen molar-refractivity contribution in [1.29, 1.82) is 0 Å². The van der Waals surface area contributed by atoms with Crippen LogP contribution in [0.15, 0.2) is 29.3 Å². The molecule has 2 N–H and O–H groups in total. The van der Waals surface area contributed by atoms with Crippen molar-refractivity contribution in [3.63, 3.8) is 0 Å². The van der Waals surface area contributed by atoms with E-state index in [0.29, 0.717) is 5.92 Å². The van der Waals surface area contributed by atoms with Crippen molar-refractivity contribution in [2.45, 2.75) is 31.3 Å². The first-order chi connectivity index (χ1) is 10.8. The van der Waals surface area contributed by atoms with E-state index in [0.717, 1.165) is 57.2 Å². The number of aliphatic hydroxyl groups excluding tert-OH is 1. The Morgan fingerprint density at radius 3 is 2.78 bits per heavy atom. The highest BCUT2D eigenvalue weighted by atomic mass is 127. The maximum absolute atomic E-state index is 9.62. The summed E-state index contributed by atoms with van der Waals surface area (Å²) in [4.78, 5) is 6.63. The van der Waals surface area contributed by atoms with E-state index < -0.39 is 0 Å². The van der Waals surface area contributed by atoms with Crippen LogP contribution in [0.1, 0.15) is 30.7 Å². The first kappa shape index (κ1) is 18.3. The van der Waals surface area contributed by atoms with Crippen LogP contribution in [0.5, 0.6) is 5.75 Å². The Hall–Kier alpha value is -1.02. The molecule has 2 aliphatic rings. The number of piperidine rings is 1. The Labute approximate surface area is 155 Å². The normalized spacial score (nSPS) is 21.9. The zero-order valence-electron chi connectivity index (χ0n) is 13.6. The molecule has 0 aliphatic carbocycles. The Bertz CT molecular complexity index is 530. The molecule has 0 saturated carbocycles. The Balaban J connectivity index is 0.00000192. The van der Waals surface area contributed by atoms with Gasteiger partial charge >= 0.3 is 0 Å². The second kappa shape index (κ2) is 8.73. The van der Waals surface area contributed by atoms with Crippen LogP contribution in [0.3, 0.4) is 0 Å². The number of hydrogen-bond donors (Lipinski definition) is 2. The van der Waals surface area contributed by atoms with Gasteiger partial charge in [0.05, 0.1) is 12.7 Å². The number of benzene rings is 1. The third-order valence-electron chi connectivity index (χ3n) is 4.57. The standard InChI is InChI=1S/C17H25N3O2.HI/c1-18-17(20-9-6-14(21)7-10-20)19-12-13-8-11-22-16-5-3-2-4-15(13)16;/h2-5,13-14,21H,6-12H2,1H3,(H,18,19);1H. The van der Waals surface area contributed by atoms with E-state index >= 15 is 0 Å². The summed E-state index contributed by atoms with van der Waals surface area (Å²) in [6, 6.07) is 8.29. The van der Waals surface area contributed by atoms with Gasteiger partial charge in [-0.15, -0.1) is 24.0 Å². The summed E-state index contributed by atoms with van der Waals surface area (Å²) in [6.45, 7) is 3.38. The van der Waals surface area contributed by atoms with E-state index in [-0.39, 0.29) is 30.1 Å². The SMILES string of the molecule is CN=C(NCC1CCOc2ccccc21)N1CCC(O)CC1.I. The molecule has 0 bridgehead atoms. The molecule has 1 aromatic rings. The van der Waals surface area contributed by atoms with Crippen molar-refractivity contribution in [1.82, 2.24) is 10.2 Å². The van der Waals surface area contributed by atoms with Gasteiger partial charge in [0.25, 0.3) is 0 Å². The molecule has 1 fully saturated rings. The molecule has 23 heavy (non-hydrogen) atoms. The van der Waals surface area contributed by atoms with Gasteiger partial charge in [-0.3, -0.25) is 4.99 Å². The van der Waals surface area contributed by atoms with Crippen LogP contribution in [-0.4, -0.2) is 55.4 Å². The first-order valence-corrected chi connectivity index (χ1v) is 8.13. The molecule has 6 heteroatoms. The molecule has 0 spiro atoms. The van der Waals surface area contributed by atoms with Crippen LogP contribution in [0.4, 0.5) is 0 Å². The van der Waals surface area contributed by atoms with Crippen LogP contribution < -0.4 is 10.1 Å². The summed E-state index contributed by atoms with van der Waals surface area (Å²) < 4.78 is 5.72. The average molecular weight is 431 g/mol. The molecule has 1 aromatic carbocycles. The van der Waals surface area contributed by atoms with Gasteiger partial charge in [0.1, 0.15) is 5.75 Å². The molecule has 5 nitrogen and oxygen atoms in total. The van der Waals surface area contributed by atoms with Crippen molar-refractivity contribution < 1.29 is 9.84 Å². The number of likely N-dealkylation sites (tertiary alicyclic amines) is 1. The van der Waals surface area contributed by atoms with Crippen LogP contribution in [0.2, 0.25) is 0 Å². The molecule has 0 amide bonds. The van der Waals surface area contributed by atoms with Crippen molar-refractivity contribution >= 4 is 29.9 Å². The fraction of sp³-hybridized carbons (Fsp3) is 0.588. The molecule has 0 radical (unpaired) electrons. The van der Waals surface area contributed by atoms with Crippen LogP contribution in [-0.2, 0) is 0 Å². The highest BCUT2D eigenvalue weighted by Gasteiger charge is 2.23. The number of guanidine groups is 1. The third kappa shape index (κ3) is 4.50. The van der Waals surface area contributed by atoms with Gasteiger partial charge in [-0.05, 0) is 30.9 Å². The lowest BCUT2D eigenvalue weighted by Gasteiger charge is -2.33. The van der Waals surface area contributed by atoms with Crippen LogP contribution in [0.25, 0.3) is 0 Å². The van der Waals surface area contributed by atoms with Crippen LogP contribution >= 0.6 is 24.0 Å². The highest BCUT2D eigenvalue weighted by Crippen LogP contribution is 2.32. The number of aliphatic imine (C=N–C) groups is 1. The summed E-state index contributed by atoms with van der Waals surface area (Å²) in [7, 11) is 1.82. The fourth-order valence-corrected chi connectivity index (χ4v) is 3.25. The van der Waals surface area contributed by atoms with E-state index in [9.17, 15) is 5.11 Å². The predicted octanol–water partition coefficient (Wildman–Crippen LogP) is 2.20. The number of halogens is 1. The lowest BCUT2D eigenvalue weighted by Crippen LogP contribution is -2.47. The first-order valence-electron chi connectivity index (χ1n) is 8.13. The minimum absolute atomic E-state index is 0. The molecule has 3 rings (SSSR count). The van der Waals surface area contributed by atoms with E-state index in [2.05, 4.69) is 27.3 Å². The molecule has 1 saturated heterocycles. The number of fused-ring (bicyclic) bond motifs is 1. The fourth-order valence-electron chi connectivity index (χ4n) is 3.25. The minimum atomic E-state index is -0.156. The summed E-state index contributed by atoms with van der Waals surface area (Å²) in [5, 5.41) is 13.1. The van der Waals surface area contributed by atoms with Gasteiger partial charge < -0.3 is 20.1 Å². The second-order valence-corrected chi connectivity index (χ2v) is 6.02. The Morgan fingerprint density at radius 2 is 2.04 bits per heavy atom. The van der Waals surface area contributed by atoms with Gasteiger partial charge in [0.15, 0.2) is 5.96 Å². The quantitative estimate of drug-likeness (QED) is 0.429. The highest BCUT2D eigenvalue weighted by molar-refractivity contribution is 14.0. The van der Waals surface area contributed by atoms with E-state index in [1.165, 1.54) is 5.56 Å². The maximum atomic E-state index is 9.62. The van der Waals surface area contributed by atoms with Gasteiger partial charge in [0.2, 0.25) is 0 Å². The van der Waals surface area contributed by atoms with Crippen molar-refractivity contribution in [3.8, 4) is 5.75 Å².